The molecule has 0 fully saturated rings. The largest absolute Gasteiger partial charge is 0.452 e. The van der Waals surface area contributed by atoms with E-state index in [0.717, 1.165) is 18.2 Å². The average molecular weight is 419 g/mol. The minimum Gasteiger partial charge on any atom is -0.452 e. The van der Waals surface area contributed by atoms with Crippen LogP contribution in [-0.4, -0.2) is 28.4 Å². The number of carbonyl (C=O) groups excluding carboxylic acids is 2. The standard InChI is InChI=1S/C15H10ClF3N4O5/c16-9-4-8(15(17,18)19)5-21-13(9)22-12(24)6-28-14(25)7-1-2-10(20)11(3-7)23(26)27/h1-5H,6,20H2,(H,21,22,24). The number of nitrogens with one attached hydrogen (secondary N) is 1. The van der Waals surface area contributed by atoms with Gasteiger partial charge in [-0.25, -0.2) is 9.78 Å². The fourth-order valence-electron chi connectivity index (χ4n) is 1.90. The number of hydrogen-bond acceptors (Lipinski definition) is 7. The van der Waals surface area contributed by atoms with Crippen LogP contribution in [0.2, 0.25) is 5.02 Å². The maximum atomic E-state index is 12.5. The number of halogens is 4. The lowest BCUT2D eigenvalue weighted by Gasteiger charge is -2.10. The molecule has 1 heterocycles. The summed E-state index contributed by atoms with van der Waals surface area (Å²) < 4.78 is 42.3. The van der Waals surface area contributed by atoms with Crippen LogP contribution in [-0.2, 0) is 15.7 Å². The minimum absolute atomic E-state index is 0.165. The molecule has 28 heavy (non-hydrogen) atoms. The number of anilines is 2. The number of nitrogen functional groups attached to an aromatic ring is 1. The summed E-state index contributed by atoms with van der Waals surface area (Å²) in [6.07, 6.45) is -4.18. The number of nitro groups is 1. The van der Waals surface area contributed by atoms with Crippen molar-refractivity contribution in [2.75, 3.05) is 17.7 Å². The van der Waals surface area contributed by atoms with Crippen molar-refractivity contribution in [2.24, 2.45) is 0 Å². The Morgan fingerprint density at radius 2 is 2.00 bits per heavy atom. The predicted molar refractivity (Wildman–Crippen MR) is 90.7 cm³/mol. The molecule has 1 aromatic carbocycles. The number of hydrogen-bond donors (Lipinski definition) is 2. The molecular formula is C15H10ClF3N4O5. The third-order valence-corrected chi connectivity index (χ3v) is 3.51. The summed E-state index contributed by atoms with van der Waals surface area (Å²) >= 11 is 5.64. The summed E-state index contributed by atoms with van der Waals surface area (Å²) in [5, 5.41) is 12.4. The lowest BCUT2D eigenvalue weighted by Crippen LogP contribution is -2.22. The highest BCUT2D eigenvalue weighted by Crippen LogP contribution is 2.32. The summed E-state index contributed by atoms with van der Waals surface area (Å²) in [5.74, 6) is -2.35. The summed E-state index contributed by atoms with van der Waals surface area (Å²) in [7, 11) is 0. The van der Waals surface area contributed by atoms with Crippen molar-refractivity contribution >= 4 is 40.7 Å². The molecular weight excluding hydrogens is 409 g/mol. The van der Waals surface area contributed by atoms with Crippen LogP contribution in [0.4, 0.5) is 30.4 Å². The van der Waals surface area contributed by atoms with E-state index in [4.69, 9.17) is 17.3 Å². The lowest BCUT2D eigenvalue weighted by atomic mass is 10.2. The maximum Gasteiger partial charge on any atom is 0.417 e. The second-order valence-electron chi connectivity index (χ2n) is 5.21. The second kappa shape index (κ2) is 8.08. The first kappa shape index (κ1) is 20.9. The quantitative estimate of drug-likeness (QED) is 0.329. The third kappa shape index (κ3) is 5.07. The van der Waals surface area contributed by atoms with Gasteiger partial charge in [0.1, 0.15) is 5.69 Å². The van der Waals surface area contributed by atoms with Gasteiger partial charge in [0, 0.05) is 12.3 Å². The molecule has 2 aromatic rings. The van der Waals surface area contributed by atoms with E-state index in [1.54, 1.807) is 0 Å². The topological polar surface area (TPSA) is 137 Å². The van der Waals surface area contributed by atoms with Gasteiger partial charge in [0.2, 0.25) is 0 Å². The van der Waals surface area contributed by atoms with Gasteiger partial charge < -0.3 is 15.8 Å². The van der Waals surface area contributed by atoms with Crippen molar-refractivity contribution in [1.29, 1.82) is 0 Å². The number of nitro benzene ring substituents is 1. The molecule has 0 radical (unpaired) electrons. The minimum atomic E-state index is -4.66. The van der Waals surface area contributed by atoms with Crippen LogP contribution < -0.4 is 11.1 Å². The van der Waals surface area contributed by atoms with E-state index < -0.39 is 45.9 Å². The number of carbonyl (C=O) groups is 2. The molecule has 0 unspecified atom stereocenters. The second-order valence-corrected chi connectivity index (χ2v) is 5.61. The Morgan fingerprint density at radius 1 is 1.32 bits per heavy atom. The van der Waals surface area contributed by atoms with Gasteiger partial charge in [-0.3, -0.25) is 14.9 Å². The van der Waals surface area contributed by atoms with E-state index in [9.17, 15) is 32.9 Å². The highest BCUT2D eigenvalue weighted by molar-refractivity contribution is 6.33. The van der Waals surface area contributed by atoms with Crippen LogP contribution in [0.5, 0.6) is 0 Å². The third-order valence-electron chi connectivity index (χ3n) is 3.22. The first-order valence-corrected chi connectivity index (χ1v) is 7.60. The van der Waals surface area contributed by atoms with E-state index in [0.29, 0.717) is 12.3 Å². The molecule has 148 valence electrons. The number of aromatic nitrogens is 1. The summed E-state index contributed by atoms with van der Waals surface area (Å²) in [4.78, 5) is 37.1. The highest BCUT2D eigenvalue weighted by atomic mass is 35.5. The number of rotatable bonds is 5. The summed E-state index contributed by atoms with van der Waals surface area (Å²) in [6, 6.07) is 3.74. The van der Waals surface area contributed by atoms with Crippen molar-refractivity contribution in [2.45, 2.75) is 6.18 Å². The van der Waals surface area contributed by atoms with Gasteiger partial charge in [-0.2, -0.15) is 13.2 Å². The Labute approximate surface area is 159 Å². The molecule has 2 rings (SSSR count). The highest BCUT2D eigenvalue weighted by Gasteiger charge is 2.31. The monoisotopic (exact) mass is 418 g/mol. The Morgan fingerprint density at radius 3 is 2.57 bits per heavy atom. The van der Waals surface area contributed by atoms with Crippen LogP contribution in [0, 0.1) is 10.1 Å². The number of ether oxygens (including phenoxy) is 1. The molecule has 0 aliphatic carbocycles. The Kier molecular flexibility index (Phi) is 6.03. The van der Waals surface area contributed by atoms with Crippen LogP contribution >= 0.6 is 11.6 Å². The van der Waals surface area contributed by atoms with E-state index in [2.05, 4.69) is 15.0 Å². The number of esters is 1. The number of nitrogens with zero attached hydrogens (tertiary/aromatic N) is 2. The van der Waals surface area contributed by atoms with Gasteiger partial charge in [0.05, 0.1) is 21.1 Å². The van der Waals surface area contributed by atoms with E-state index in [1.807, 2.05) is 0 Å². The molecule has 1 amide bonds. The molecule has 9 nitrogen and oxygen atoms in total. The van der Waals surface area contributed by atoms with Gasteiger partial charge in [-0.1, -0.05) is 11.6 Å². The van der Waals surface area contributed by atoms with E-state index >= 15 is 0 Å². The van der Waals surface area contributed by atoms with Crippen molar-refractivity contribution in [3.8, 4) is 0 Å². The summed E-state index contributed by atoms with van der Waals surface area (Å²) in [5.41, 5.74) is 3.40. The van der Waals surface area contributed by atoms with E-state index in [1.165, 1.54) is 0 Å². The molecule has 0 saturated heterocycles. The number of benzene rings is 1. The van der Waals surface area contributed by atoms with Crippen LogP contribution in [0.1, 0.15) is 15.9 Å². The maximum absolute atomic E-state index is 12.5. The zero-order chi connectivity index (χ0) is 21.1. The predicted octanol–water partition coefficient (Wildman–Crippen LogP) is 3.04. The fourth-order valence-corrected chi connectivity index (χ4v) is 2.11. The smallest absolute Gasteiger partial charge is 0.417 e. The first-order valence-electron chi connectivity index (χ1n) is 7.22. The molecule has 0 spiro atoms. The number of pyridine rings is 1. The molecule has 0 aliphatic rings. The SMILES string of the molecule is Nc1ccc(C(=O)OCC(=O)Nc2ncc(C(F)(F)F)cc2Cl)cc1[N+](=O)[O-]. The number of nitrogens with two attached hydrogens (primary N) is 1. The molecule has 1 aromatic heterocycles. The normalized spacial score (nSPS) is 11.0. The van der Waals surface area contributed by atoms with Crippen LogP contribution in [0.3, 0.4) is 0 Å². The molecule has 3 N–H and O–H groups in total. The van der Waals surface area contributed by atoms with Crippen molar-refractivity contribution < 1.29 is 32.4 Å². The average Bonchev–Trinajstić information content (AvgIpc) is 2.60. The van der Waals surface area contributed by atoms with Crippen molar-refractivity contribution in [3.63, 3.8) is 0 Å². The number of alkyl halides is 3. The van der Waals surface area contributed by atoms with Gasteiger partial charge in [-0.05, 0) is 18.2 Å². The molecule has 0 bridgehead atoms. The zero-order valence-corrected chi connectivity index (χ0v) is 14.4. The van der Waals surface area contributed by atoms with Gasteiger partial charge in [0.25, 0.3) is 11.6 Å². The molecule has 0 aliphatic heterocycles. The fraction of sp³-hybridized carbons (Fsp3) is 0.133. The van der Waals surface area contributed by atoms with E-state index in [-0.39, 0.29) is 17.1 Å². The molecule has 13 heteroatoms. The van der Waals surface area contributed by atoms with Gasteiger partial charge in [-0.15, -0.1) is 0 Å². The van der Waals surface area contributed by atoms with Gasteiger partial charge >= 0.3 is 12.1 Å². The molecule has 0 atom stereocenters. The van der Waals surface area contributed by atoms with Crippen molar-refractivity contribution in [1.82, 2.24) is 4.98 Å². The Balaban J connectivity index is 2.00. The van der Waals surface area contributed by atoms with Crippen LogP contribution in [0.15, 0.2) is 30.5 Å². The van der Waals surface area contributed by atoms with Crippen molar-refractivity contribution in [3.05, 3.63) is 56.7 Å². The zero-order valence-electron chi connectivity index (χ0n) is 13.6. The summed E-state index contributed by atoms with van der Waals surface area (Å²) in [6.45, 7) is -0.837. The van der Waals surface area contributed by atoms with Crippen LogP contribution in [0.25, 0.3) is 0 Å². The molecule has 0 saturated carbocycles. The first-order chi connectivity index (χ1) is 13.0. The Hall–Kier alpha value is -3.41. The number of amides is 1. The Bertz CT molecular complexity index is 952. The lowest BCUT2D eigenvalue weighted by molar-refractivity contribution is -0.383. The van der Waals surface area contributed by atoms with Gasteiger partial charge in [0.15, 0.2) is 12.4 Å².